The van der Waals surface area contributed by atoms with Gasteiger partial charge in [-0.15, -0.1) is 11.3 Å². The van der Waals surface area contributed by atoms with Gasteiger partial charge in [0.05, 0.1) is 29.8 Å². The minimum absolute atomic E-state index is 0.142. The molecule has 0 amide bonds. The van der Waals surface area contributed by atoms with Gasteiger partial charge in [-0.1, -0.05) is 0 Å². The minimum atomic E-state index is -3.09. The number of thiazole rings is 1. The molecular weight excluding hydrogens is 408 g/mol. The number of aliphatic imine (C=N–C) groups is 1. The molecule has 158 valence electrons. The molecule has 29 heavy (non-hydrogen) atoms. The number of methoxy groups -OCH3 is 1. The Bertz CT molecular complexity index is 966. The second kappa shape index (κ2) is 8.71. The van der Waals surface area contributed by atoms with Crippen molar-refractivity contribution < 1.29 is 13.2 Å². The van der Waals surface area contributed by atoms with Gasteiger partial charge in [0, 0.05) is 30.6 Å². The molecule has 2 heterocycles. The van der Waals surface area contributed by atoms with E-state index >= 15 is 0 Å². The number of rotatable bonds is 5. The van der Waals surface area contributed by atoms with Gasteiger partial charge in [-0.3, -0.25) is 0 Å². The van der Waals surface area contributed by atoms with E-state index in [2.05, 4.69) is 5.32 Å². The van der Waals surface area contributed by atoms with Gasteiger partial charge in [-0.05, 0) is 45.0 Å². The van der Waals surface area contributed by atoms with Crippen LogP contribution >= 0.6 is 11.3 Å². The Morgan fingerprint density at radius 2 is 2.07 bits per heavy atom. The first-order valence-corrected chi connectivity index (χ1v) is 12.1. The fraction of sp³-hybridized carbons (Fsp3) is 0.500. The molecule has 0 unspecified atom stereocenters. The van der Waals surface area contributed by atoms with Crippen LogP contribution < -0.4 is 10.1 Å². The highest BCUT2D eigenvalue weighted by atomic mass is 32.2. The van der Waals surface area contributed by atoms with Gasteiger partial charge in [0.1, 0.15) is 10.8 Å². The summed E-state index contributed by atoms with van der Waals surface area (Å²) >= 11 is 1.58. The monoisotopic (exact) mass is 436 g/mol. The third kappa shape index (κ3) is 4.90. The van der Waals surface area contributed by atoms with Gasteiger partial charge in [0.2, 0.25) is 0 Å². The molecule has 1 saturated heterocycles. The van der Waals surface area contributed by atoms with Crippen molar-refractivity contribution >= 4 is 27.1 Å². The summed E-state index contributed by atoms with van der Waals surface area (Å²) in [7, 11) is -1.44. The van der Waals surface area contributed by atoms with Crippen LogP contribution in [0, 0.1) is 0 Å². The molecule has 0 radical (unpaired) electrons. The molecule has 1 aromatic carbocycles. The smallest absolute Gasteiger partial charge is 0.194 e. The van der Waals surface area contributed by atoms with Crippen molar-refractivity contribution in [1.29, 1.82) is 0 Å². The van der Waals surface area contributed by atoms with E-state index in [0.717, 1.165) is 34.5 Å². The van der Waals surface area contributed by atoms with Crippen molar-refractivity contribution in [2.24, 2.45) is 4.99 Å². The second-order valence-corrected chi connectivity index (χ2v) is 11.1. The first kappa shape index (κ1) is 21.6. The zero-order valence-corrected chi connectivity index (χ0v) is 18.9. The first-order chi connectivity index (χ1) is 13.8. The van der Waals surface area contributed by atoms with Crippen LogP contribution in [0.2, 0.25) is 0 Å². The third-order valence-electron chi connectivity index (χ3n) is 4.96. The van der Waals surface area contributed by atoms with Crippen LogP contribution in [0.5, 0.6) is 5.75 Å². The Hall–Kier alpha value is -2.13. The molecule has 9 heteroatoms. The predicted octanol–water partition coefficient (Wildman–Crippen LogP) is 2.79. The standard InChI is InChI=1S/C20H28N4O3S2/c1-5-21-19(24-10-11-29(25,26)20(2,3)14-24)22-12-16-13-28-18(23-16)15-6-8-17(27-4)9-7-15/h6-9,13H,5,10-12,14H2,1-4H3,(H,21,22). The number of aromatic nitrogens is 1. The van der Waals surface area contributed by atoms with Crippen LogP contribution in [0.4, 0.5) is 0 Å². The van der Waals surface area contributed by atoms with Crippen molar-refractivity contribution in [3.8, 4) is 16.3 Å². The fourth-order valence-electron chi connectivity index (χ4n) is 3.15. The quantitative estimate of drug-likeness (QED) is 0.573. The van der Waals surface area contributed by atoms with Gasteiger partial charge < -0.3 is 15.0 Å². The summed E-state index contributed by atoms with van der Waals surface area (Å²) in [5.74, 6) is 1.69. The average molecular weight is 437 g/mol. The summed E-state index contributed by atoms with van der Waals surface area (Å²) in [6, 6.07) is 7.82. The van der Waals surface area contributed by atoms with Crippen molar-refractivity contribution in [1.82, 2.24) is 15.2 Å². The molecule has 1 aliphatic rings. The molecule has 1 aromatic heterocycles. The van der Waals surface area contributed by atoms with Gasteiger partial charge in [-0.2, -0.15) is 0 Å². The number of hydrogen-bond donors (Lipinski definition) is 1. The summed E-state index contributed by atoms with van der Waals surface area (Å²) in [5, 5.41) is 6.23. The minimum Gasteiger partial charge on any atom is -0.497 e. The maximum absolute atomic E-state index is 12.3. The number of nitrogens with one attached hydrogen (secondary N) is 1. The van der Waals surface area contributed by atoms with E-state index in [1.54, 1.807) is 32.3 Å². The van der Waals surface area contributed by atoms with Crippen LogP contribution in [0.25, 0.3) is 10.6 Å². The largest absolute Gasteiger partial charge is 0.497 e. The molecule has 3 rings (SSSR count). The molecular formula is C20H28N4O3S2. The lowest BCUT2D eigenvalue weighted by molar-refractivity contribution is 0.353. The first-order valence-electron chi connectivity index (χ1n) is 9.60. The van der Waals surface area contributed by atoms with Crippen molar-refractivity contribution in [3.05, 3.63) is 35.3 Å². The number of ether oxygens (including phenoxy) is 1. The molecule has 1 N–H and O–H groups in total. The molecule has 7 nitrogen and oxygen atoms in total. The maximum atomic E-state index is 12.3. The molecule has 0 saturated carbocycles. The Labute approximate surface area is 176 Å². The molecule has 0 bridgehead atoms. The normalized spacial score (nSPS) is 18.5. The zero-order chi connectivity index (χ0) is 21.1. The van der Waals surface area contributed by atoms with E-state index in [1.165, 1.54) is 0 Å². The number of guanidine groups is 1. The van der Waals surface area contributed by atoms with E-state index < -0.39 is 14.6 Å². The highest BCUT2D eigenvalue weighted by Gasteiger charge is 2.40. The molecule has 2 aromatic rings. The van der Waals surface area contributed by atoms with E-state index in [-0.39, 0.29) is 5.75 Å². The Balaban J connectivity index is 1.73. The van der Waals surface area contributed by atoms with E-state index in [0.29, 0.717) is 19.6 Å². The Kier molecular flexibility index (Phi) is 6.48. The van der Waals surface area contributed by atoms with Gasteiger partial charge >= 0.3 is 0 Å². The molecule has 1 fully saturated rings. The van der Waals surface area contributed by atoms with E-state index in [1.807, 2.05) is 41.5 Å². The third-order valence-corrected chi connectivity index (χ3v) is 8.43. The van der Waals surface area contributed by atoms with Crippen LogP contribution in [0.1, 0.15) is 26.5 Å². The second-order valence-electron chi connectivity index (χ2n) is 7.54. The topological polar surface area (TPSA) is 83.9 Å². The van der Waals surface area contributed by atoms with Crippen molar-refractivity contribution in [3.63, 3.8) is 0 Å². The lowest BCUT2D eigenvalue weighted by Gasteiger charge is -2.39. The van der Waals surface area contributed by atoms with Crippen LogP contribution in [0.3, 0.4) is 0 Å². The summed E-state index contributed by atoms with van der Waals surface area (Å²) in [4.78, 5) is 11.4. The number of sulfone groups is 1. The Morgan fingerprint density at radius 3 is 2.69 bits per heavy atom. The lowest BCUT2D eigenvalue weighted by Crippen LogP contribution is -2.57. The molecule has 0 atom stereocenters. The van der Waals surface area contributed by atoms with E-state index in [9.17, 15) is 8.42 Å². The van der Waals surface area contributed by atoms with E-state index in [4.69, 9.17) is 14.7 Å². The average Bonchev–Trinajstić information content (AvgIpc) is 3.16. The summed E-state index contributed by atoms with van der Waals surface area (Å²) in [6.45, 7) is 7.60. The van der Waals surface area contributed by atoms with Crippen LogP contribution in [-0.4, -0.2) is 61.5 Å². The summed E-state index contributed by atoms with van der Waals surface area (Å²) < 4.78 is 29.0. The fourth-order valence-corrected chi connectivity index (χ4v) is 5.33. The van der Waals surface area contributed by atoms with Crippen molar-refractivity contribution in [2.75, 3.05) is 32.5 Å². The Morgan fingerprint density at radius 1 is 1.34 bits per heavy atom. The maximum Gasteiger partial charge on any atom is 0.194 e. The van der Waals surface area contributed by atoms with Crippen molar-refractivity contribution in [2.45, 2.75) is 32.1 Å². The summed E-state index contributed by atoms with van der Waals surface area (Å²) in [5.41, 5.74) is 1.93. The number of benzene rings is 1. The molecule has 1 aliphatic heterocycles. The number of hydrogen-bond acceptors (Lipinski definition) is 6. The summed E-state index contributed by atoms with van der Waals surface area (Å²) in [6.07, 6.45) is 0. The zero-order valence-electron chi connectivity index (χ0n) is 17.3. The highest BCUT2D eigenvalue weighted by molar-refractivity contribution is 7.92. The molecule has 0 spiro atoms. The highest BCUT2D eigenvalue weighted by Crippen LogP contribution is 2.26. The van der Waals surface area contributed by atoms with Gasteiger partial charge in [-0.25, -0.2) is 18.4 Å². The van der Waals surface area contributed by atoms with Crippen LogP contribution in [0.15, 0.2) is 34.6 Å². The number of nitrogens with zero attached hydrogens (tertiary/aromatic N) is 3. The van der Waals surface area contributed by atoms with Gasteiger partial charge in [0.25, 0.3) is 0 Å². The van der Waals surface area contributed by atoms with Gasteiger partial charge in [0.15, 0.2) is 15.8 Å². The SMILES string of the molecule is CCNC(=NCc1csc(-c2ccc(OC)cc2)n1)N1CCS(=O)(=O)C(C)(C)C1. The predicted molar refractivity (Wildman–Crippen MR) is 118 cm³/mol. The van der Waals surface area contributed by atoms with Crippen LogP contribution in [-0.2, 0) is 16.4 Å². The lowest BCUT2D eigenvalue weighted by atomic mass is 10.2. The molecule has 0 aliphatic carbocycles.